The Kier molecular flexibility index (Phi) is 7.33. The number of benzene rings is 1. The van der Waals surface area contributed by atoms with Gasteiger partial charge in [-0.1, -0.05) is 50.9 Å². The molecule has 3 nitrogen and oxygen atoms in total. The smallest absolute Gasteiger partial charge is 0.260 e. The molecule has 1 aromatic rings. The van der Waals surface area contributed by atoms with E-state index in [2.05, 4.69) is 27.7 Å². The number of hydrogen-bond acceptors (Lipinski definition) is 2. The number of halogens is 2. The molecule has 1 amide bonds. The third-order valence-corrected chi connectivity index (χ3v) is 3.30. The predicted molar refractivity (Wildman–Crippen MR) is 88.2 cm³/mol. The SMILES string of the molecule is CC(C)CN(CC(C)C)C(=O)COc1ccc(Cl)cc1Cl. The molecule has 118 valence electrons. The fourth-order valence-corrected chi connectivity index (χ4v) is 2.45. The monoisotopic (exact) mass is 331 g/mol. The molecule has 0 radical (unpaired) electrons. The van der Waals surface area contributed by atoms with Crippen molar-refractivity contribution < 1.29 is 9.53 Å². The van der Waals surface area contributed by atoms with Crippen LogP contribution < -0.4 is 4.74 Å². The van der Waals surface area contributed by atoms with E-state index in [-0.39, 0.29) is 12.5 Å². The van der Waals surface area contributed by atoms with Gasteiger partial charge >= 0.3 is 0 Å². The van der Waals surface area contributed by atoms with Gasteiger partial charge in [0.2, 0.25) is 0 Å². The van der Waals surface area contributed by atoms with E-state index in [0.29, 0.717) is 27.6 Å². The maximum atomic E-state index is 12.3. The normalized spacial score (nSPS) is 11.0. The molecule has 0 bridgehead atoms. The summed E-state index contributed by atoms with van der Waals surface area (Å²) in [6.07, 6.45) is 0. The summed E-state index contributed by atoms with van der Waals surface area (Å²) in [5.41, 5.74) is 0. The highest BCUT2D eigenvalue weighted by Gasteiger charge is 2.17. The molecule has 0 aliphatic rings. The Bertz CT molecular complexity index is 465. The van der Waals surface area contributed by atoms with Gasteiger partial charge in [0, 0.05) is 18.1 Å². The predicted octanol–water partition coefficient (Wildman–Crippen LogP) is 4.51. The standard InChI is InChI=1S/C16H23Cl2NO2/c1-11(2)8-19(9-12(3)4)16(20)10-21-15-6-5-13(17)7-14(15)18/h5-7,11-12H,8-10H2,1-4H3. The first-order chi connectivity index (χ1) is 9.79. The van der Waals surface area contributed by atoms with Crippen molar-refractivity contribution in [2.45, 2.75) is 27.7 Å². The Balaban J connectivity index is 2.64. The minimum Gasteiger partial charge on any atom is -0.482 e. The average molecular weight is 332 g/mol. The molecule has 5 heteroatoms. The lowest BCUT2D eigenvalue weighted by Crippen LogP contribution is -2.39. The summed E-state index contributed by atoms with van der Waals surface area (Å²) >= 11 is 11.9. The fourth-order valence-electron chi connectivity index (χ4n) is 1.98. The van der Waals surface area contributed by atoms with Gasteiger partial charge in [-0.15, -0.1) is 0 Å². The first kappa shape index (κ1) is 18.1. The van der Waals surface area contributed by atoms with E-state index in [1.807, 2.05) is 4.90 Å². The summed E-state index contributed by atoms with van der Waals surface area (Å²) in [5.74, 6) is 1.30. The summed E-state index contributed by atoms with van der Waals surface area (Å²) in [6.45, 7) is 9.83. The van der Waals surface area contributed by atoms with Crippen LogP contribution in [0.5, 0.6) is 5.75 Å². The van der Waals surface area contributed by atoms with Crippen molar-refractivity contribution in [1.29, 1.82) is 0 Å². The molecule has 0 N–H and O–H groups in total. The van der Waals surface area contributed by atoms with E-state index in [9.17, 15) is 4.79 Å². The molecule has 21 heavy (non-hydrogen) atoms. The van der Waals surface area contributed by atoms with Crippen LogP contribution in [0.2, 0.25) is 10.0 Å². The summed E-state index contributed by atoms with van der Waals surface area (Å²) in [7, 11) is 0. The molecule has 0 aliphatic heterocycles. The van der Waals surface area contributed by atoms with Crippen LogP contribution in [0.1, 0.15) is 27.7 Å². The van der Waals surface area contributed by atoms with Gasteiger partial charge in [0.15, 0.2) is 6.61 Å². The summed E-state index contributed by atoms with van der Waals surface area (Å²) in [5, 5.41) is 0.953. The Labute approximate surface area is 137 Å². The van der Waals surface area contributed by atoms with Gasteiger partial charge in [-0.25, -0.2) is 0 Å². The molecule has 1 aromatic carbocycles. The van der Waals surface area contributed by atoms with Crippen LogP contribution in [-0.2, 0) is 4.79 Å². The Morgan fingerprint density at radius 2 is 1.71 bits per heavy atom. The molecule has 0 saturated heterocycles. The molecular weight excluding hydrogens is 309 g/mol. The maximum absolute atomic E-state index is 12.3. The molecule has 0 spiro atoms. The highest BCUT2D eigenvalue weighted by molar-refractivity contribution is 6.35. The minimum atomic E-state index is -0.0246. The van der Waals surface area contributed by atoms with E-state index in [0.717, 1.165) is 13.1 Å². The van der Waals surface area contributed by atoms with Crippen LogP contribution >= 0.6 is 23.2 Å². The number of carbonyl (C=O) groups excluding carboxylic acids is 1. The van der Waals surface area contributed by atoms with Crippen molar-refractivity contribution in [2.24, 2.45) is 11.8 Å². The number of nitrogens with zero attached hydrogens (tertiary/aromatic N) is 1. The topological polar surface area (TPSA) is 29.5 Å². The Morgan fingerprint density at radius 1 is 1.14 bits per heavy atom. The van der Waals surface area contributed by atoms with Crippen molar-refractivity contribution in [1.82, 2.24) is 4.90 Å². The van der Waals surface area contributed by atoms with Crippen molar-refractivity contribution in [3.8, 4) is 5.75 Å². The zero-order chi connectivity index (χ0) is 16.0. The van der Waals surface area contributed by atoms with E-state index in [4.69, 9.17) is 27.9 Å². The molecular formula is C16H23Cl2NO2. The third kappa shape index (κ3) is 6.58. The van der Waals surface area contributed by atoms with Crippen LogP contribution in [-0.4, -0.2) is 30.5 Å². The van der Waals surface area contributed by atoms with Crippen LogP contribution in [0.25, 0.3) is 0 Å². The Hall–Kier alpha value is -0.930. The van der Waals surface area contributed by atoms with Gasteiger partial charge < -0.3 is 9.64 Å². The number of ether oxygens (including phenoxy) is 1. The lowest BCUT2D eigenvalue weighted by Gasteiger charge is -2.26. The number of rotatable bonds is 7. The molecule has 0 heterocycles. The molecule has 0 fully saturated rings. The van der Waals surface area contributed by atoms with Crippen molar-refractivity contribution in [2.75, 3.05) is 19.7 Å². The molecule has 1 rings (SSSR count). The molecule has 0 aromatic heterocycles. The second kappa shape index (κ2) is 8.50. The highest BCUT2D eigenvalue weighted by Crippen LogP contribution is 2.27. The van der Waals surface area contributed by atoms with Crippen LogP contribution in [0.4, 0.5) is 0 Å². The van der Waals surface area contributed by atoms with E-state index < -0.39 is 0 Å². The first-order valence-electron chi connectivity index (χ1n) is 7.15. The Morgan fingerprint density at radius 3 is 2.19 bits per heavy atom. The molecule has 0 atom stereocenters. The fraction of sp³-hybridized carbons (Fsp3) is 0.562. The zero-order valence-corrected chi connectivity index (χ0v) is 14.5. The van der Waals surface area contributed by atoms with Crippen molar-refractivity contribution in [3.63, 3.8) is 0 Å². The average Bonchev–Trinajstić information content (AvgIpc) is 2.35. The summed E-state index contributed by atoms with van der Waals surface area (Å²) in [6, 6.07) is 4.96. The quantitative estimate of drug-likeness (QED) is 0.735. The summed E-state index contributed by atoms with van der Waals surface area (Å²) in [4.78, 5) is 14.1. The van der Waals surface area contributed by atoms with Crippen LogP contribution in [0.15, 0.2) is 18.2 Å². The van der Waals surface area contributed by atoms with E-state index in [1.165, 1.54) is 0 Å². The molecule has 0 aliphatic carbocycles. The largest absolute Gasteiger partial charge is 0.482 e. The zero-order valence-electron chi connectivity index (χ0n) is 13.0. The summed E-state index contributed by atoms with van der Waals surface area (Å²) < 4.78 is 5.52. The minimum absolute atomic E-state index is 0.0131. The van der Waals surface area contributed by atoms with Crippen molar-refractivity contribution in [3.05, 3.63) is 28.2 Å². The van der Waals surface area contributed by atoms with E-state index >= 15 is 0 Å². The lowest BCUT2D eigenvalue weighted by atomic mass is 10.1. The third-order valence-electron chi connectivity index (χ3n) is 2.77. The van der Waals surface area contributed by atoms with Gasteiger partial charge in [0.25, 0.3) is 5.91 Å². The first-order valence-corrected chi connectivity index (χ1v) is 7.90. The van der Waals surface area contributed by atoms with Crippen LogP contribution in [0, 0.1) is 11.8 Å². The van der Waals surface area contributed by atoms with Gasteiger partial charge in [-0.05, 0) is 30.0 Å². The highest BCUT2D eigenvalue weighted by atomic mass is 35.5. The number of carbonyl (C=O) groups is 1. The maximum Gasteiger partial charge on any atom is 0.260 e. The lowest BCUT2D eigenvalue weighted by molar-refractivity contribution is -0.134. The molecule has 0 saturated carbocycles. The van der Waals surface area contributed by atoms with Gasteiger partial charge in [-0.2, -0.15) is 0 Å². The number of amides is 1. The van der Waals surface area contributed by atoms with E-state index in [1.54, 1.807) is 18.2 Å². The van der Waals surface area contributed by atoms with Crippen molar-refractivity contribution >= 4 is 29.1 Å². The van der Waals surface area contributed by atoms with Crippen LogP contribution in [0.3, 0.4) is 0 Å². The van der Waals surface area contributed by atoms with Gasteiger partial charge in [0.05, 0.1) is 5.02 Å². The second-order valence-corrected chi connectivity index (χ2v) is 6.79. The van der Waals surface area contributed by atoms with Gasteiger partial charge in [-0.3, -0.25) is 4.79 Å². The number of hydrogen-bond donors (Lipinski definition) is 0. The molecule has 0 unspecified atom stereocenters. The van der Waals surface area contributed by atoms with Gasteiger partial charge in [0.1, 0.15) is 5.75 Å². The second-order valence-electron chi connectivity index (χ2n) is 5.95.